The lowest BCUT2D eigenvalue weighted by Gasteiger charge is -2.16. The molecule has 0 aliphatic heterocycles. The highest BCUT2D eigenvalue weighted by atomic mass is 79.9. The Morgan fingerprint density at radius 3 is 2.28 bits per heavy atom. The second-order valence-electron chi connectivity index (χ2n) is 6.44. The fourth-order valence-corrected chi connectivity index (χ4v) is 3.12. The number of benzene rings is 2. The SMILES string of the molecule is O=C(CCNC(=O)c1ccc(Br)cc1)NCC1(c2ccccc2)CC1. The molecule has 0 aromatic heterocycles. The monoisotopic (exact) mass is 400 g/mol. The molecule has 0 heterocycles. The lowest BCUT2D eigenvalue weighted by Crippen LogP contribution is -2.35. The van der Waals surface area contributed by atoms with Gasteiger partial charge >= 0.3 is 0 Å². The van der Waals surface area contributed by atoms with Gasteiger partial charge in [0, 0.05) is 35.0 Å². The summed E-state index contributed by atoms with van der Waals surface area (Å²) in [7, 11) is 0. The van der Waals surface area contributed by atoms with Gasteiger partial charge < -0.3 is 10.6 Å². The minimum absolute atomic E-state index is 0.0293. The van der Waals surface area contributed by atoms with Crippen LogP contribution in [0.3, 0.4) is 0 Å². The second-order valence-corrected chi connectivity index (χ2v) is 7.35. The summed E-state index contributed by atoms with van der Waals surface area (Å²) in [4.78, 5) is 24.0. The highest BCUT2D eigenvalue weighted by molar-refractivity contribution is 9.10. The quantitative estimate of drug-likeness (QED) is 0.747. The normalized spacial score (nSPS) is 14.6. The molecule has 2 N–H and O–H groups in total. The van der Waals surface area contributed by atoms with E-state index in [4.69, 9.17) is 0 Å². The zero-order valence-corrected chi connectivity index (χ0v) is 15.5. The Bertz CT molecular complexity index is 740. The van der Waals surface area contributed by atoms with Crippen LogP contribution in [0.5, 0.6) is 0 Å². The number of hydrogen-bond acceptors (Lipinski definition) is 2. The number of halogens is 1. The Labute approximate surface area is 156 Å². The Morgan fingerprint density at radius 1 is 0.960 bits per heavy atom. The van der Waals surface area contributed by atoms with Crippen LogP contribution >= 0.6 is 15.9 Å². The number of nitrogens with one attached hydrogen (secondary N) is 2. The van der Waals surface area contributed by atoms with Crippen LogP contribution in [0.4, 0.5) is 0 Å². The fourth-order valence-electron chi connectivity index (χ4n) is 2.86. The summed E-state index contributed by atoms with van der Waals surface area (Å²) in [5.74, 6) is -0.193. The van der Waals surface area contributed by atoms with Gasteiger partial charge in [0.05, 0.1) is 0 Å². The summed E-state index contributed by atoms with van der Waals surface area (Å²) in [5.41, 5.74) is 1.99. The topological polar surface area (TPSA) is 58.2 Å². The maximum absolute atomic E-state index is 12.0. The molecule has 0 spiro atoms. The highest BCUT2D eigenvalue weighted by Crippen LogP contribution is 2.47. The van der Waals surface area contributed by atoms with E-state index in [-0.39, 0.29) is 23.7 Å². The van der Waals surface area contributed by atoms with Gasteiger partial charge in [-0.2, -0.15) is 0 Å². The molecule has 3 rings (SSSR count). The summed E-state index contributed by atoms with van der Waals surface area (Å²) in [5, 5.41) is 5.79. The molecule has 130 valence electrons. The number of carbonyl (C=O) groups excluding carboxylic acids is 2. The Kier molecular flexibility index (Phi) is 5.53. The number of hydrogen-bond donors (Lipinski definition) is 2. The zero-order valence-electron chi connectivity index (χ0n) is 13.9. The van der Waals surface area contributed by atoms with E-state index < -0.39 is 0 Å². The molecule has 1 aliphatic carbocycles. The Morgan fingerprint density at radius 2 is 1.64 bits per heavy atom. The van der Waals surface area contributed by atoms with E-state index >= 15 is 0 Å². The van der Waals surface area contributed by atoms with Crippen LogP contribution in [0.1, 0.15) is 35.2 Å². The average molecular weight is 401 g/mol. The van der Waals surface area contributed by atoms with Crippen LogP contribution in [0.25, 0.3) is 0 Å². The summed E-state index contributed by atoms with van der Waals surface area (Å²) in [6, 6.07) is 17.5. The molecule has 4 nitrogen and oxygen atoms in total. The van der Waals surface area contributed by atoms with Gasteiger partial charge in [-0.15, -0.1) is 0 Å². The minimum Gasteiger partial charge on any atom is -0.355 e. The van der Waals surface area contributed by atoms with Crippen LogP contribution < -0.4 is 10.6 Å². The van der Waals surface area contributed by atoms with E-state index in [1.54, 1.807) is 12.1 Å². The number of rotatable bonds is 7. The molecule has 0 unspecified atom stereocenters. The third-order valence-corrected chi connectivity index (χ3v) is 5.14. The minimum atomic E-state index is -0.164. The van der Waals surface area contributed by atoms with Gasteiger partial charge in [0.15, 0.2) is 0 Å². The van der Waals surface area contributed by atoms with Crippen molar-refractivity contribution < 1.29 is 9.59 Å². The lowest BCUT2D eigenvalue weighted by molar-refractivity contribution is -0.121. The first-order valence-electron chi connectivity index (χ1n) is 8.45. The third kappa shape index (κ3) is 4.69. The molecular weight excluding hydrogens is 380 g/mol. The molecule has 5 heteroatoms. The van der Waals surface area contributed by atoms with E-state index in [1.807, 2.05) is 30.3 Å². The molecule has 1 aliphatic rings. The van der Waals surface area contributed by atoms with Gasteiger partial charge in [0.1, 0.15) is 0 Å². The standard InChI is InChI=1S/C20H21BrN2O2/c21-17-8-6-15(7-9-17)19(25)22-13-10-18(24)23-14-20(11-12-20)16-4-2-1-3-5-16/h1-9H,10-14H2,(H,22,25)(H,23,24). The van der Waals surface area contributed by atoms with E-state index in [2.05, 4.69) is 38.7 Å². The molecule has 0 bridgehead atoms. The van der Waals surface area contributed by atoms with Crippen LogP contribution in [0, 0.1) is 0 Å². The van der Waals surface area contributed by atoms with E-state index in [0.717, 1.165) is 17.3 Å². The van der Waals surface area contributed by atoms with Crippen molar-refractivity contribution >= 4 is 27.7 Å². The first-order chi connectivity index (χ1) is 12.1. The second kappa shape index (κ2) is 7.83. The van der Waals surface area contributed by atoms with Gasteiger partial charge in [-0.25, -0.2) is 0 Å². The maximum Gasteiger partial charge on any atom is 0.251 e. The molecule has 25 heavy (non-hydrogen) atoms. The largest absolute Gasteiger partial charge is 0.355 e. The third-order valence-electron chi connectivity index (χ3n) is 4.61. The smallest absolute Gasteiger partial charge is 0.251 e. The van der Waals surface area contributed by atoms with Crippen molar-refractivity contribution in [2.45, 2.75) is 24.7 Å². The van der Waals surface area contributed by atoms with E-state index in [1.165, 1.54) is 5.56 Å². The predicted molar refractivity (Wildman–Crippen MR) is 101 cm³/mol. The van der Waals surface area contributed by atoms with Crippen LogP contribution in [-0.4, -0.2) is 24.9 Å². The maximum atomic E-state index is 12.0. The Balaban J connectivity index is 1.40. The van der Waals surface area contributed by atoms with Crippen molar-refractivity contribution in [1.29, 1.82) is 0 Å². The van der Waals surface area contributed by atoms with Crippen LogP contribution in [0.15, 0.2) is 59.1 Å². The first-order valence-corrected chi connectivity index (χ1v) is 9.24. The molecule has 1 saturated carbocycles. The van der Waals surface area contributed by atoms with Gasteiger partial charge in [0.2, 0.25) is 5.91 Å². The average Bonchev–Trinajstić information content (AvgIpc) is 3.42. The molecule has 0 atom stereocenters. The van der Waals surface area contributed by atoms with Crippen LogP contribution in [0.2, 0.25) is 0 Å². The highest BCUT2D eigenvalue weighted by Gasteiger charge is 2.44. The van der Waals surface area contributed by atoms with Crippen molar-refractivity contribution in [2.75, 3.05) is 13.1 Å². The van der Waals surface area contributed by atoms with Crippen molar-refractivity contribution in [2.24, 2.45) is 0 Å². The van der Waals surface area contributed by atoms with Crippen molar-refractivity contribution in [3.05, 3.63) is 70.2 Å². The van der Waals surface area contributed by atoms with Crippen molar-refractivity contribution in [3.8, 4) is 0 Å². The number of carbonyl (C=O) groups is 2. The van der Waals surface area contributed by atoms with E-state index in [0.29, 0.717) is 18.7 Å². The predicted octanol–water partition coefficient (Wildman–Crippen LogP) is 3.42. The molecule has 2 aromatic carbocycles. The molecule has 0 radical (unpaired) electrons. The van der Waals surface area contributed by atoms with Gasteiger partial charge in [-0.1, -0.05) is 46.3 Å². The first kappa shape index (κ1) is 17.7. The van der Waals surface area contributed by atoms with Gasteiger partial charge in [-0.05, 0) is 42.7 Å². The van der Waals surface area contributed by atoms with Gasteiger partial charge in [-0.3, -0.25) is 9.59 Å². The van der Waals surface area contributed by atoms with Crippen molar-refractivity contribution in [1.82, 2.24) is 10.6 Å². The van der Waals surface area contributed by atoms with Crippen LogP contribution in [-0.2, 0) is 10.2 Å². The molecular formula is C20H21BrN2O2. The molecule has 0 saturated heterocycles. The van der Waals surface area contributed by atoms with Crippen molar-refractivity contribution in [3.63, 3.8) is 0 Å². The zero-order chi connectivity index (χ0) is 17.7. The Hall–Kier alpha value is -2.14. The molecule has 2 aromatic rings. The molecule has 1 fully saturated rings. The summed E-state index contributed by atoms with van der Waals surface area (Å²) < 4.78 is 0.927. The lowest BCUT2D eigenvalue weighted by atomic mass is 9.96. The molecule has 2 amide bonds. The summed E-state index contributed by atoms with van der Waals surface area (Å²) in [6.07, 6.45) is 2.50. The number of amides is 2. The fraction of sp³-hybridized carbons (Fsp3) is 0.300. The summed E-state index contributed by atoms with van der Waals surface area (Å²) >= 11 is 3.34. The van der Waals surface area contributed by atoms with Gasteiger partial charge in [0.25, 0.3) is 5.91 Å². The van der Waals surface area contributed by atoms with E-state index in [9.17, 15) is 9.59 Å². The summed E-state index contributed by atoms with van der Waals surface area (Å²) in [6.45, 7) is 0.996.